The van der Waals surface area contributed by atoms with Gasteiger partial charge in [-0.2, -0.15) is 0 Å². The first-order valence-electron chi connectivity index (χ1n) is 7.78. The fourth-order valence-electron chi connectivity index (χ4n) is 3.04. The smallest absolute Gasteiger partial charge is 0.305 e. The van der Waals surface area contributed by atoms with Crippen molar-refractivity contribution in [2.75, 3.05) is 20.3 Å². The lowest BCUT2D eigenvalue weighted by Gasteiger charge is -2.36. The van der Waals surface area contributed by atoms with Crippen LogP contribution in [0.1, 0.15) is 51.4 Å². The van der Waals surface area contributed by atoms with E-state index < -0.39 is 5.79 Å². The maximum Gasteiger partial charge on any atom is 0.305 e. The normalized spacial score (nSPS) is 24.0. The Labute approximate surface area is 125 Å². The van der Waals surface area contributed by atoms with E-state index in [0.29, 0.717) is 38.9 Å². The molecule has 1 spiro atoms. The molecule has 6 nitrogen and oxygen atoms in total. The summed E-state index contributed by atoms with van der Waals surface area (Å²) >= 11 is 0. The molecular formula is C15H25NO5. The van der Waals surface area contributed by atoms with Crippen molar-refractivity contribution in [1.82, 2.24) is 5.32 Å². The van der Waals surface area contributed by atoms with Gasteiger partial charge in [0.1, 0.15) is 0 Å². The molecule has 1 amide bonds. The second-order valence-corrected chi connectivity index (χ2v) is 5.75. The summed E-state index contributed by atoms with van der Waals surface area (Å²) in [7, 11) is 1.38. The number of hydrogen-bond donors (Lipinski definition) is 1. The van der Waals surface area contributed by atoms with E-state index in [9.17, 15) is 9.59 Å². The predicted octanol–water partition coefficient (Wildman–Crippen LogP) is 1.52. The van der Waals surface area contributed by atoms with Crippen molar-refractivity contribution in [2.24, 2.45) is 0 Å². The van der Waals surface area contributed by atoms with Crippen molar-refractivity contribution in [2.45, 2.75) is 63.2 Å². The average Bonchev–Trinajstić information content (AvgIpc) is 2.91. The molecule has 0 radical (unpaired) electrons. The predicted molar refractivity (Wildman–Crippen MR) is 75.5 cm³/mol. The minimum absolute atomic E-state index is 0.0416. The number of rotatable bonds is 6. The summed E-state index contributed by atoms with van der Waals surface area (Å²) < 4.78 is 16.0. The lowest BCUT2D eigenvalue weighted by molar-refractivity contribution is -0.182. The van der Waals surface area contributed by atoms with Crippen LogP contribution in [0.2, 0.25) is 0 Å². The fourth-order valence-corrected chi connectivity index (χ4v) is 3.04. The Kier molecular flexibility index (Phi) is 5.99. The van der Waals surface area contributed by atoms with Crippen LogP contribution in [0, 0.1) is 0 Å². The number of nitrogens with one attached hydrogen (secondary N) is 1. The van der Waals surface area contributed by atoms with Gasteiger partial charge < -0.3 is 19.5 Å². The monoisotopic (exact) mass is 299 g/mol. The molecule has 0 aromatic heterocycles. The SMILES string of the molecule is COC(=O)CCCCC(=O)NC1CCCC2(C1)OCCO2. The first-order chi connectivity index (χ1) is 10.1. The van der Waals surface area contributed by atoms with Gasteiger partial charge in [-0.15, -0.1) is 0 Å². The number of methoxy groups -OCH3 is 1. The molecule has 21 heavy (non-hydrogen) atoms. The number of amides is 1. The standard InChI is InChI=1S/C15H25NO5/c1-19-14(18)7-3-2-6-13(17)16-12-5-4-8-15(11-12)20-9-10-21-15/h12H,2-11H2,1H3,(H,16,17). The summed E-state index contributed by atoms with van der Waals surface area (Å²) in [4.78, 5) is 22.9. The molecule has 1 aliphatic heterocycles. The molecular weight excluding hydrogens is 274 g/mol. The summed E-state index contributed by atoms with van der Waals surface area (Å²) in [6, 6.07) is 0.130. The summed E-state index contributed by atoms with van der Waals surface area (Å²) in [5.41, 5.74) is 0. The van der Waals surface area contributed by atoms with Crippen LogP contribution in [0.25, 0.3) is 0 Å². The van der Waals surface area contributed by atoms with Crippen LogP contribution in [0.5, 0.6) is 0 Å². The van der Waals surface area contributed by atoms with Crippen LogP contribution in [-0.2, 0) is 23.8 Å². The van der Waals surface area contributed by atoms with Crippen molar-refractivity contribution < 1.29 is 23.8 Å². The van der Waals surface area contributed by atoms with Crippen LogP contribution < -0.4 is 5.32 Å². The highest BCUT2D eigenvalue weighted by molar-refractivity contribution is 5.76. The molecule has 120 valence electrons. The zero-order valence-corrected chi connectivity index (χ0v) is 12.7. The molecule has 1 N–H and O–H groups in total. The van der Waals surface area contributed by atoms with Crippen molar-refractivity contribution in [1.29, 1.82) is 0 Å². The fraction of sp³-hybridized carbons (Fsp3) is 0.867. The second-order valence-electron chi connectivity index (χ2n) is 5.75. The van der Waals surface area contributed by atoms with E-state index in [2.05, 4.69) is 10.1 Å². The number of ether oxygens (including phenoxy) is 3. The highest BCUT2D eigenvalue weighted by atomic mass is 16.7. The van der Waals surface area contributed by atoms with Gasteiger partial charge in [0.05, 0.1) is 20.3 Å². The van der Waals surface area contributed by atoms with Gasteiger partial charge in [0.15, 0.2) is 5.79 Å². The summed E-state index contributed by atoms with van der Waals surface area (Å²) in [5, 5.41) is 3.06. The zero-order chi connectivity index (χ0) is 15.1. The number of carbonyl (C=O) groups is 2. The minimum atomic E-state index is -0.457. The van der Waals surface area contributed by atoms with Gasteiger partial charge >= 0.3 is 5.97 Å². The van der Waals surface area contributed by atoms with Crippen LogP contribution in [0.15, 0.2) is 0 Å². The lowest BCUT2D eigenvalue weighted by atomic mass is 9.89. The Hall–Kier alpha value is -1.14. The van der Waals surface area contributed by atoms with E-state index in [4.69, 9.17) is 9.47 Å². The molecule has 2 rings (SSSR count). The second kappa shape index (κ2) is 7.75. The maximum absolute atomic E-state index is 11.9. The van der Waals surface area contributed by atoms with Crippen molar-refractivity contribution in [3.8, 4) is 0 Å². The van der Waals surface area contributed by atoms with E-state index >= 15 is 0 Å². The number of unbranched alkanes of at least 4 members (excludes halogenated alkanes) is 1. The van der Waals surface area contributed by atoms with E-state index in [1.807, 2.05) is 0 Å². The third-order valence-electron chi connectivity index (χ3n) is 4.11. The molecule has 1 heterocycles. The molecule has 0 aromatic rings. The first-order valence-corrected chi connectivity index (χ1v) is 7.78. The van der Waals surface area contributed by atoms with Crippen LogP contribution in [-0.4, -0.2) is 44.0 Å². The molecule has 2 fully saturated rings. The van der Waals surface area contributed by atoms with Gasteiger partial charge in [-0.05, 0) is 25.7 Å². The molecule has 2 aliphatic rings. The van der Waals surface area contributed by atoms with E-state index in [0.717, 1.165) is 25.7 Å². The summed E-state index contributed by atoms with van der Waals surface area (Å²) in [6.45, 7) is 1.29. The zero-order valence-electron chi connectivity index (χ0n) is 12.7. The van der Waals surface area contributed by atoms with Crippen molar-refractivity contribution in [3.05, 3.63) is 0 Å². The third kappa shape index (κ3) is 4.97. The first kappa shape index (κ1) is 16.2. The van der Waals surface area contributed by atoms with Crippen LogP contribution in [0.3, 0.4) is 0 Å². The third-order valence-corrected chi connectivity index (χ3v) is 4.11. The molecule has 1 atom stereocenters. The molecule has 1 saturated carbocycles. The van der Waals surface area contributed by atoms with Gasteiger partial charge in [0.2, 0.25) is 5.91 Å². The lowest BCUT2D eigenvalue weighted by Crippen LogP contribution is -2.46. The summed E-state index contributed by atoms with van der Waals surface area (Å²) in [5.74, 6) is -0.638. The van der Waals surface area contributed by atoms with E-state index in [-0.39, 0.29) is 17.9 Å². The van der Waals surface area contributed by atoms with Gasteiger partial charge in [0, 0.05) is 31.7 Å². The molecule has 1 unspecified atom stereocenters. The number of esters is 1. The number of carbonyl (C=O) groups excluding carboxylic acids is 2. The Bertz CT molecular complexity index is 365. The minimum Gasteiger partial charge on any atom is -0.469 e. The highest BCUT2D eigenvalue weighted by Crippen LogP contribution is 2.35. The Morgan fingerprint density at radius 3 is 2.67 bits per heavy atom. The van der Waals surface area contributed by atoms with E-state index in [1.165, 1.54) is 7.11 Å². The largest absolute Gasteiger partial charge is 0.469 e. The van der Waals surface area contributed by atoms with Gasteiger partial charge in [-0.3, -0.25) is 9.59 Å². The number of hydrogen-bond acceptors (Lipinski definition) is 5. The molecule has 0 aromatic carbocycles. The van der Waals surface area contributed by atoms with Crippen LogP contribution >= 0.6 is 0 Å². The molecule has 6 heteroatoms. The van der Waals surface area contributed by atoms with Gasteiger partial charge in [-0.1, -0.05) is 0 Å². The maximum atomic E-state index is 11.9. The van der Waals surface area contributed by atoms with Gasteiger partial charge in [-0.25, -0.2) is 0 Å². The Morgan fingerprint density at radius 2 is 1.95 bits per heavy atom. The molecule has 0 bridgehead atoms. The van der Waals surface area contributed by atoms with Gasteiger partial charge in [0.25, 0.3) is 0 Å². The van der Waals surface area contributed by atoms with E-state index in [1.54, 1.807) is 0 Å². The quantitative estimate of drug-likeness (QED) is 0.594. The highest BCUT2D eigenvalue weighted by Gasteiger charge is 2.41. The Morgan fingerprint density at radius 1 is 1.24 bits per heavy atom. The topological polar surface area (TPSA) is 73.9 Å². The van der Waals surface area contributed by atoms with Crippen molar-refractivity contribution in [3.63, 3.8) is 0 Å². The molecule has 1 saturated heterocycles. The van der Waals surface area contributed by atoms with Crippen LogP contribution in [0.4, 0.5) is 0 Å². The summed E-state index contributed by atoms with van der Waals surface area (Å²) in [6.07, 6.45) is 5.84. The molecule has 1 aliphatic carbocycles. The Balaban J connectivity index is 1.64. The average molecular weight is 299 g/mol. The van der Waals surface area contributed by atoms with Crippen molar-refractivity contribution >= 4 is 11.9 Å².